The van der Waals surface area contributed by atoms with E-state index in [1.807, 2.05) is 13.8 Å². The highest BCUT2D eigenvalue weighted by molar-refractivity contribution is 5.48. The quantitative estimate of drug-likeness (QED) is 0.669. The summed E-state index contributed by atoms with van der Waals surface area (Å²) in [6.45, 7) is 11.3. The molecule has 0 saturated carbocycles. The first kappa shape index (κ1) is 23.6. The van der Waals surface area contributed by atoms with Crippen molar-refractivity contribution in [2.45, 2.75) is 65.9 Å². The van der Waals surface area contributed by atoms with Crippen LogP contribution in [0.4, 0.5) is 0 Å². The van der Waals surface area contributed by atoms with Gasteiger partial charge in [-0.3, -0.25) is 0 Å². The van der Waals surface area contributed by atoms with Crippen LogP contribution in [0.3, 0.4) is 0 Å². The van der Waals surface area contributed by atoms with E-state index in [2.05, 4.69) is 26.5 Å². The van der Waals surface area contributed by atoms with Crippen molar-refractivity contribution in [3.05, 3.63) is 0 Å². The van der Waals surface area contributed by atoms with E-state index in [-0.39, 0.29) is 12.2 Å². The second-order valence-corrected chi connectivity index (χ2v) is 5.22. The summed E-state index contributed by atoms with van der Waals surface area (Å²) in [4.78, 5) is 9.71. The highest BCUT2D eigenvalue weighted by Crippen LogP contribution is 2.13. The second-order valence-electron chi connectivity index (χ2n) is 5.22. The molecule has 0 saturated heterocycles. The van der Waals surface area contributed by atoms with Crippen LogP contribution in [0.15, 0.2) is 0 Å². The van der Waals surface area contributed by atoms with Crippen molar-refractivity contribution < 1.29 is 14.6 Å². The maximum Gasteiger partial charge on any atom is 0.120 e. The lowest BCUT2D eigenvalue weighted by Crippen LogP contribution is -2.26. The third-order valence-electron chi connectivity index (χ3n) is 2.27. The molecule has 19 heavy (non-hydrogen) atoms. The van der Waals surface area contributed by atoms with Gasteiger partial charge >= 0.3 is 0 Å². The van der Waals surface area contributed by atoms with Crippen molar-refractivity contribution >= 4 is 6.29 Å². The fourth-order valence-corrected chi connectivity index (χ4v) is 1.12. The zero-order valence-electron chi connectivity index (χ0n) is 13.7. The summed E-state index contributed by atoms with van der Waals surface area (Å²) in [5.41, 5.74) is 4.35. The number of aliphatic hydroxyl groups excluding tert-OH is 1. The number of carbonyl (C=O) groups excluding carboxylic acids is 1. The summed E-state index contributed by atoms with van der Waals surface area (Å²) in [6, 6.07) is 0. The predicted molar refractivity (Wildman–Crippen MR) is 82.3 cm³/mol. The van der Waals surface area contributed by atoms with E-state index in [9.17, 15) is 4.79 Å². The number of hydrogen-bond donors (Lipinski definition) is 2. The standard InChI is InChI=1S/C8H18O2.C6H12O.CH5N/c1-4-7-10-8(2,3)5-6-9;1-6(2)4-3-5-7;1-2/h9H,4-7H2,1-3H3;5-6H,3-4H2,1-2H3;2H2,1H3. The summed E-state index contributed by atoms with van der Waals surface area (Å²) in [5.74, 6) is 0.671. The first-order chi connectivity index (χ1) is 8.89. The Morgan fingerprint density at radius 2 is 1.84 bits per heavy atom. The molecular weight excluding hydrogens is 242 g/mol. The molecule has 0 unspecified atom stereocenters. The summed E-state index contributed by atoms with van der Waals surface area (Å²) in [6.07, 6.45) is 4.48. The molecule has 0 aromatic rings. The van der Waals surface area contributed by atoms with Crippen LogP contribution in [-0.2, 0) is 9.53 Å². The molecular formula is C15H35NO3. The summed E-state index contributed by atoms with van der Waals surface area (Å²) >= 11 is 0. The third kappa shape index (κ3) is 26.9. The second kappa shape index (κ2) is 17.6. The molecule has 4 nitrogen and oxygen atoms in total. The van der Waals surface area contributed by atoms with Crippen LogP contribution >= 0.6 is 0 Å². The highest BCUT2D eigenvalue weighted by atomic mass is 16.5. The van der Waals surface area contributed by atoms with Crippen molar-refractivity contribution in [3.8, 4) is 0 Å². The van der Waals surface area contributed by atoms with Gasteiger partial charge in [-0.15, -0.1) is 0 Å². The topological polar surface area (TPSA) is 72.5 Å². The van der Waals surface area contributed by atoms with E-state index in [1.54, 1.807) is 0 Å². The van der Waals surface area contributed by atoms with Gasteiger partial charge < -0.3 is 20.4 Å². The van der Waals surface area contributed by atoms with E-state index in [0.29, 0.717) is 12.3 Å². The lowest BCUT2D eigenvalue weighted by molar-refractivity contribution is -0.108. The van der Waals surface area contributed by atoms with Gasteiger partial charge in [0.15, 0.2) is 0 Å². The Morgan fingerprint density at radius 3 is 2.11 bits per heavy atom. The Hall–Kier alpha value is -0.450. The molecule has 0 heterocycles. The SMILES string of the molecule is CC(C)CCC=O.CCCOC(C)(C)CCO.CN. The normalized spacial score (nSPS) is 10.2. The molecule has 0 atom stereocenters. The van der Waals surface area contributed by atoms with Crippen LogP contribution in [0.25, 0.3) is 0 Å². The van der Waals surface area contributed by atoms with Crippen LogP contribution in [0, 0.1) is 5.92 Å². The van der Waals surface area contributed by atoms with Crippen LogP contribution in [0.5, 0.6) is 0 Å². The molecule has 0 aliphatic heterocycles. The number of carbonyl (C=O) groups is 1. The maximum absolute atomic E-state index is 9.71. The Morgan fingerprint density at radius 1 is 1.32 bits per heavy atom. The Labute approximate surface area is 119 Å². The van der Waals surface area contributed by atoms with Gasteiger partial charge in [0, 0.05) is 19.6 Å². The van der Waals surface area contributed by atoms with Crippen LogP contribution in [0.1, 0.15) is 60.3 Å². The number of hydrogen-bond acceptors (Lipinski definition) is 4. The summed E-state index contributed by atoms with van der Waals surface area (Å²) < 4.78 is 5.46. The maximum atomic E-state index is 9.71. The van der Waals surface area contributed by atoms with Crippen LogP contribution in [0.2, 0.25) is 0 Å². The molecule has 0 amide bonds. The number of nitrogens with two attached hydrogens (primary N) is 1. The van der Waals surface area contributed by atoms with E-state index in [0.717, 1.165) is 32.2 Å². The lowest BCUT2D eigenvalue weighted by atomic mass is 10.1. The van der Waals surface area contributed by atoms with E-state index < -0.39 is 0 Å². The molecule has 0 aliphatic rings. The largest absolute Gasteiger partial charge is 0.396 e. The average molecular weight is 277 g/mol. The van der Waals surface area contributed by atoms with Gasteiger partial charge in [-0.25, -0.2) is 0 Å². The molecule has 0 aliphatic carbocycles. The van der Waals surface area contributed by atoms with Gasteiger partial charge in [0.25, 0.3) is 0 Å². The number of aliphatic hydroxyl groups is 1. The highest BCUT2D eigenvalue weighted by Gasteiger charge is 2.16. The average Bonchev–Trinajstić information content (AvgIpc) is 2.37. The van der Waals surface area contributed by atoms with E-state index in [1.165, 1.54) is 7.05 Å². The van der Waals surface area contributed by atoms with Crippen LogP contribution < -0.4 is 5.73 Å². The molecule has 0 aromatic carbocycles. The Kier molecular flexibility index (Phi) is 21.8. The molecule has 0 aromatic heterocycles. The van der Waals surface area contributed by atoms with Gasteiger partial charge in [-0.05, 0) is 46.1 Å². The third-order valence-corrected chi connectivity index (χ3v) is 2.27. The minimum Gasteiger partial charge on any atom is -0.396 e. The van der Waals surface area contributed by atoms with Crippen molar-refractivity contribution in [2.24, 2.45) is 11.7 Å². The van der Waals surface area contributed by atoms with Gasteiger partial charge in [-0.2, -0.15) is 0 Å². The van der Waals surface area contributed by atoms with E-state index >= 15 is 0 Å². The number of ether oxygens (including phenoxy) is 1. The summed E-state index contributed by atoms with van der Waals surface area (Å²) in [7, 11) is 1.50. The Balaban J connectivity index is -0.000000249. The smallest absolute Gasteiger partial charge is 0.120 e. The first-order valence-corrected chi connectivity index (χ1v) is 7.15. The molecule has 0 rings (SSSR count). The Bertz CT molecular complexity index is 171. The monoisotopic (exact) mass is 277 g/mol. The van der Waals surface area contributed by atoms with Crippen molar-refractivity contribution in [3.63, 3.8) is 0 Å². The van der Waals surface area contributed by atoms with Gasteiger partial charge in [0.2, 0.25) is 0 Å². The predicted octanol–water partition coefficient (Wildman–Crippen LogP) is 2.77. The fourth-order valence-electron chi connectivity index (χ4n) is 1.12. The molecule has 0 bridgehead atoms. The van der Waals surface area contributed by atoms with Crippen LogP contribution in [-0.4, -0.2) is 37.3 Å². The van der Waals surface area contributed by atoms with Crippen molar-refractivity contribution in [2.75, 3.05) is 20.3 Å². The van der Waals surface area contributed by atoms with Gasteiger partial charge in [0.05, 0.1) is 5.60 Å². The van der Waals surface area contributed by atoms with Crippen molar-refractivity contribution in [1.29, 1.82) is 0 Å². The zero-order valence-corrected chi connectivity index (χ0v) is 13.7. The minimum absolute atomic E-state index is 0.148. The molecule has 0 spiro atoms. The molecule has 0 radical (unpaired) electrons. The fraction of sp³-hybridized carbons (Fsp3) is 0.933. The number of aldehydes is 1. The minimum atomic E-state index is -0.148. The van der Waals surface area contributed by atoms with Gasteiger partial charge in [-0.1, -0.05) is 20.8 Å². The molecule has 4 heteroatoms. The number of rotatable bonds is 8. The molecule has 0 fully saturated rings. The molecule has 118 valence electrons. The first-order valence-electron chi connectivity index (χ1n) is 7.15. The van der Waals surface area contributed by atoms with Gasteiger partial charge in [0.1, 0.15) is 6.29 Å². The summed E-state index contributed by atoms with van der Waals surface area (Å²) in [5, 5.41) is 8.62. The lowest BCUT2D eigenvalue weighted by Gasteiger charge is -2.23. The zero-order chi connectivity index (χ0) is 15.7. The van der Waals surface area contributed by atoms with E-state index in [4.69, 9.17) is 9.84 Å². The van der Waals surface area contributed by atoms with Crippen molar-refractivity contribution in [1.82, 2.24) is 0 Å². The molecule has 3 N–H and O–H groups in total.